The molecule has 0 aliphatic heterocycles. The summed E-state index contributed by atoms with van der Waals surface area (Å²) in [5.41, 5.74) is 1.47. The molecule has 2 rings (SSSR count). The number of hydrogen-bond donors (Lipinski definition) is 2. The van der Waals surface area contributed by atoms with E-state index in [0.717, 1.165) is 11.5 Å². The van der Waals surface area contributed by atoms with Crippen LogP contribution in [0.15, 0.2) is 36.4 Å². The van der Waals surface area contributed by atoms with Gasteiger partial charge >= 0.3 is 0 Å². The lowest BCUT2D eigenvalue weighted by molar-refractivity contribution is 0.0977. The summed E-state index contributed by atoms with van der Waals surface area (Å²) in [7, 11) is 0. The van der Waals surface area contributed by atoms with Gasteiger partial charge in [-0.05, 0) is 38.2 Å². The molecule has 0 atom stereocenters. The normalized spacial score (nSPS) is 11.4. The highest BCUT2D eigenvalue weighted by atomic mass is 32.1. The summed E-state index contributed by atoms with van der Waals surface area (Å²) in [5, 5.41) is 10.7. The first-order valence-electron chi connectivity index (χ1n) is 7.96. The third-order valence-corrected chi connectivity index (χ3v) is 3.70. The van der Waals surface area contributed by atoms with Crippen LogP contribution in [-0.4, -0.2) is 20.8 Å². The van der Waals surface area contributed by atoms with Gasteiger partial charge in [0, 0.05) is 23.1 Å². The van der Waals surface area contributed by atoms with Crippen LogP contribution in [0.1, 0.15) is 56.7 Å². The molecule has 1 heterocycles. The first-order chi connectivity index (χ1) is 11.2. The van der Waals surface area contributed by atoms with Crippen molar-refractivity contribution in [2.45, 2.75) is 46.1 Å². The molecule has 1 aromatic heterocycles. The van der Waals surface area contributed by atoms with Crippen molar-refractivity contribution in [2.24, 2.45) is 0 Å². The van der Waals surface area contributed by atoms with E-state index in [-0.39, 0.29) is 22.5 Å². The lowest BCUT2D eigenvalue weighted by Gasteiger charge is -2.15. The first-order valence-corrected chi connectivity index (χ1v) is 8.36. The highest BCUT2D eigenvalue weighted by Crippen LogP contribution is 2.26. The summed E-state index contributed by atoms with van der Waals surface area (Å²) >= 11 is 5.28. The Morgan fingerprint density at radius 2 is 1.83 bits per heavy atom. The van der Waals surface area contributed by atoms with Crippen molar-refractivity contribution in [3.8, 4) is 0 Å². The van der Waals surface area contributed by atoms with Gasteiger partial charge in [0.15, 0.2) is 5.11 Å². The zero-order valence-electron chi connectivity index (χ0n) is 14.8. The first kappa shape index (κ1) is 18.1. The summed E-state index contributed by atoms with van der Waals surface area (Å²) in [4.78, 5) is 12.2. The Kier molecular flexibility index (Phi) is 5.39. The highest BCUT2D eigenvalue weighted by Gasteiger charge is 2.21. The van der Waals surface area contributed by atoms with Gasteiger partial charge in [-0.2, -0.15) is 5.10 Å². The number of thiocarbonyl (C=S) groups is 1. The molecule has 0 saturated carbocycles. The van der Waals surface area contributed by atoms with Gasteiger partial charge in [0.25, 0.3) is 5.91 Å². The van der Waals surface area contributed by atoms with E-state index in [4.69, 9.17) is 12.2 Å². The van der Waals surface area contributed by atoms with E-state index in [1.54, 1.807) is 12.1 Å². The molecule has 1 aromatic carbocycles. The summed E-state index contributed by atoms with van der Waals surface area (Å²) in [6, 6.07) is 11.1. The van der Waals surface area contributed by atoms with E-state index in [9.17, 15) is 4.79 Å². The largest absolute Gasteiger partial charge is 0.317 e. The number of hydrogen-bond acceptors (Lipinski definition) is 3. The molecule has 0 saturated heterocycles. The fourth-order valence-electron chi connectivity index (χ4n) is 2.16. The van der Waals surface area contributed by atoms with Crippen LogP contribution in [0.3, 0.4) is 0 Å². The maximum Gasteiger partial charge on any atom is 0.257 e. The Balaban J connectivity index is 2.14. The number of nitrogens with zero attached hydrogens (tertiary/aromatic N) is 2. The second-order valence-electron chi connectivity index (χ2n) is 6.98. The van der Waals surface area contributed by atoms with Crippen molar-refractivity contribution in [3.63, 3.8) is 0 Å². The third kappa shape index (κ3) is 4.41. The van der Waals surface area contributed by atoms with Crippen molar-refractivity contribution < 1.29 is 4.79 Å². The molecule has 128 valence electrons. The van der Waals surface area contributed by atoms with Crippen molar-refractivity contribution >= 4 is 29.1 Å². The van der Waals surface area contributed by atoms with Crippen LogP contribution in [0.2, 0.25) is 0 Å². The molecule has 0 aliphatic rings. The number of rotatable bonds is 3. The molecule has 24 heavy (non-hydrogen) atoms. The van der Waals surface area contributed by atoms with Gasteiger partial charge in [-0.3, -0.25) is 10.1 Å². The number of nitrogens with one attached hydrogen (secondary N) is 2. The topological polar surface area (TPSA) is 59.0 Å². The quantitative estimate of drug-likeness (QED) is 0.830. The maximum absolute atomic E-state index is 12.2. The number of anilines is 1. The van der Waals surface area contributed by atoms with Crippen LogP contribution in [0.4, 0.5) is 5.82 Å². The van der Waals surface area contributed by atoms with E-state index in [1.807, 2.05) is 28.9 Å². The number of aromatic nitrogens is 2. The fraction of sp³-hybridized carbons (Fsp3) is 0.389. The Hall–Kier alpha value is -2.21. The minimum Gasteiger partial charge on any atom is -0.317 e. The monoisotopic (exact) mass is 344 g/mol. The van der Waals surface area contributed by atoms with Crippen molar-refractivity contribution in [3.05, 3.63) is 47.7 Å². The van der Waals surface area contributed by atoms with Gasteiger partial charge in [0.2, 0.25) is 0 Å². The van der Waals surface area contributed by atoms with Gasteiger partial charge in [-0.25, -0.2) is 4.68 Å². The number of carbonyl (C=O) groups excluding carboxylic acids is 1. The van der Waals surface area contributed by atoms with Crippen LogP contribution < -0.4 is 10.6 Å². The molecular weight excluding hydrogens is 320 g/mol. The van der Waals surface area contributed by atoms with Crippen LogP contribution in [0, 0.1) is 0 Å². The van der Waals surface area contributed by atoms with Crippen molar-refractivity contribution in [1.29, 1.82) is 0 Å². The molecule has 2 aromatic rings. The second-order valence-corrected chi connectivity index (χ2v) is 7.39. The average Bonchev–Trinajstić information content (AvgIpc) is 2.92. The van der Waals surface area contributed by atoms with E-state index in [0.29, 0.717) is 5.56 Å². The van der Waals surface area contributed by atoms with Crippen LogP contribution in [-0.2, 0) is 5.41 Å². The maximum atomic E-state index is 12.2. The fourth-order valence-corrected chi connectivity index (χ4v) is 2.36. The standard InChI is InChI=1S/C18H24N4OS/c1-12(2)22-15(11-14(21-22)18(3,4)5)19-17(24)20-16(23)13-9-7-6-8-10-13/h6-12H,1-5H3,(H2,19,20,23,24). The number of carbonyl (C=O) groups is 1. The summed E-state index contributed by atoms with van der Waals surface area (Å²) < 4.78 is 1.88. The molecule has 0 radical (unpaired) electrons. The Morgan fingerprint density at radius 3 is 2.38 bits per heavy atom. The van der Waals surface area contributed by atoms with E-state index >= 15 is 0 Å². The van der Waals surface area contributed by atoms with Crippen LogP contribution in [0.25, 0.3) is 0 Å². The molecule has 0 fully saturated rings. The third-order valence-electron chi connectivity index (χ3n) is 3.50. The smallest absolute Gasteiger partial charge is 0.257 e. The number of amides is 1. The highest BCUT2D eigenvalue weighted by molar-refractivity contribution is 7.80. The molecule has 6 heteroatoms. The molecule has 0 aliphatic carbocycles. The van der Waals surface area contributed by atoms with E-state index in [2.05, 4.69) is 50.4 Å². The van der Waals surface area contributed by atoms with E-state index < -0.39 is 0 Å². The van der Waals surface area contributed by atoms with Gasteiger partial charge < -0.3 is 5.32 Å². The Bertz CT molecular complexity index is 729. The van der Waals surface area contributed by atoms with Crippen molar-refractivity contribution in [1.82, 2.24) is 15.1 Å². The zero-order valence-corrected chi connectivity index (χ0v) is 15.6. The van der Waals surface area contributed by atoms with Gasteiger partial charge in [0.05, 0.1) is 5.69 Å². The Morgan fingerprint density at radius 1 is 1.21 bits per heavy atom. The lowest BCUT2D eigenvalue weighted by atomic mass is 9.92. The molecule has 0 unspecified atom stereocenters. The summed E-state index contributed by atoms with van der Waals surface area (Å²) in [6.07, 6.45) is 0. The molecule has 2 N–H and O–H groups in total. The van der Waals surface area contributed by atoms with Gasteiger partial charge in [-0.15, -0.1) is 0 Å². The second kappa shape index (κ2) is 7.13. The van der Waals surface area contributed by atoms with Crippen molar-refractivity contribution in [2.75, 3.05) is 5.32 Å². The average molecular weight is 344 g/mol. The lowest BCUT2D eigenvalue weighted by Crippen LogP contribution is -2.34. The van der Waals surface area contributed by atoms with Crippen LogP contribution in [0.5, 0.6) is 0 Å². The summed E-state index contributed by atoms with van der Waals surface area (Å²) in [5.74, 6) is 0.535. The minimum atomic E-state index is -0.236. The zero-order chi connectivity index (χ0) is 17.9. The molecule has 0 bridgehead atoms. The van der Waals surface area contributed by atoms with E-state index in [1.165, 1.54) is 0 Å². The van der Waals surface area contributed by atoms with Gasteiger partial charge in [0.1, 0.15) is 5.82 Å². The van der Waals surface area contributed by atoms with Gasteiger partial charge in [-0.1, -0.05) is 39.0 Å². The minimum absolute atomic E-state index is 0.0640. The molecule has 5 nitrogen and oxygen atoms in total. The summed E-state index contributed by atoms with van der Waals surface area (Å²) in [6.45, 7) is 10.4. The Labute approximate surface area is 148 Å². The SMILES string of the molecule is CC(C)n1nc(C(C)(C)C)cc1NC(=S)NC(=O)c1ccccc1. The number of benzene rings is 1. The molecule has 0 spiro atoms. The van der Waals surface area contributed by atoms with Crippen LogP contribution >= 0.6 is 12.2 Å². The molecule has 1 amide bonds. The predicted molar refractivity (Wildman–Crippen MR) is 101 cm³/mol. The predicted octanol–water partition coefficient (Wildman–Crippen LogP) is 3.89. The molecular formula is C18H24N4OS.